The molecule has 0 bridgehead atoms. The molecule has 0 fully saturated rings. The molecule has 0 saturated carbocycles. The first-order valence-electron chi connectivity index (χ1n) is 5.39. The Balaban J connectivity index is 2.30. The summed E-state index contributed by atoms with van der Waals surface area (Å²) in [4.78, 5) is 21.4. The van der Waals surface area contributed by atoms with Crippen molar-refractivity contribution >= 4 is 35.1 Å². The van der Waals surface area contributed by atoms with E-state index in [-0.39, 0.29) is 0 Å². The van der Waals surface area contributed by atoms with Gasteiger partial charge in [-0.3, -0.25) is 0 Å². The van der Waals surface area contributed by atoms with Crippen LogP contribution in [0.2, 0.25) is 5.15 Å². The molecule has 0 aliphatic heterocycles. The van der Waals surface area contributed by atoms with Gasteiger partial charge in [0, 0.05) is 13.1 Å². The molecule has 0 aliphatic rings. The molecule has 90 valence electrons. The van der Waals surface area contributed by atoms with Crippen LogP contribution in [0.4, 0.5) is 5.95 Å². The smallest absolute Gasteiger partial charge is 0.254 e. The van der Waals surface area contributed by atoms with Crippen molar-refractivity contribution in [2.45, 2.75) is 13.8 Å². The molecule has 2 aromatic heterocycles. The van der Waals surface area contributed by atoms with Gasteiger partial charge < -0.3 is 9.88 Å². The fraction of sp³-hybridized carbons (Fsp3) is 0.400. The number of aromatic nitrogens is 4. The number of nitrogens with one attached hydrogen (secondary N) is 1. The Morgan fingerprint density at radius 1 is 1.41 bits per heavy atom. The van der Waals surface area contributed by atoms with Gasteiger partial charge >= 0.3 is 0 Å². The summed E-state index contributed by atoms with van der Waals surface area (Å²) in [6.07, 6.45) is 3.24. The standard InChI is InChI=1S/C10H13ClN6/c1-3-17(4-2)6-14-10-15-8(11)7-9(16-10)13-5-12-7/h5-6H,3-4H2,1-2H3,(H,12,13,15,16)/b14-6+. The van der Waals surface area contributed by atoms with Crippen molar-refractivity contribution in [3.63, 3.8) is 0 Å². The predicted molar refractivity (Wildman–Crippen MR) is 67.8 cm³/mol. The molecule has 0 amide bonds. The predicted octanol–water partition coefficient (Wildman–Crippen LogP) is 2.01. The molecular formula is C10H13ClN6. The van der Waals surface area contributed by atoms with E-state index in [1.165, 1.54) is 6.33 Å². The minimum Gasteiger partial charge on any atom is -0.363 e. The Bertz CT molecular complexity index is 531. The molecule has 0 aliphatic carbocycles. The van der Waals surface area contributed by atoms with Crippen LogP contribution in [0, 0.1) is 0 Å². The molecule has 0 unspecified atom stereocenters. The van der Waals surface area contributed by atoms with E-state index in [9.17, 15) is 0 Å². The van der Waals surface area contributed by atoms with Crippen molar-refractivity contribution in [2.75, 3.05) is 13.1 Å². The number of hydrogen-bond donors (Lipinski definition) is 1. The lowest BCUT2D eigenvalue weighted by atomic mass is 10.5. The first kappa shape index (κ1) is 11.8. The van der Waals surface area contributed by atoms with Crippen molar-refractivity contribution in [3.8, 4) is 0 Å². The highest BCUT2D eigenvalue weighted by molar-refractivity contribution is 6.33. The van der Waals surface area contributed by atoms with E-state index in [0.29, 0.717) is 22.3 Å². The maximum atomic E-state index is 5.98. The summed E-state index contributed by atoms with van der Waals surface area (Å²) in [7, 11) is 0. The summed E-state index contributed by atoms with van der Waals surface area (Å²) >= 11 is 5.98. The highest BCUT2D eigenvalue weighted by Crippen LogP contribution is 2.19. The van der Waals surface area contributed by atoms with Gasteiger partial charge in [-0.05, 0) is 13.8 Å². The zero-order valence-electron chi connectivity index (χ0n) is 9.68. The second kappa shape index (κ2) is 5.09. The van der Waals surface area contributed by atoms with Crippen LogP contribution < -0.4 is 0 Å². The molecular weight excluding hydrogens is 240 g/mol. The molecule has 0 aromatic carbocycles. The van der Waals surface area contributed by atoms with E-state index in [1.54, 1.807) is 6.34 Å². The molecule has 2 aromatic rings. The van der Waals surface area contributed by atoms with Gasteiger partial charge in [-0.1, -0.05) is 11.6 Å². The molecule has 0 atom stereocenters. The summed E-state index contributed by atoms with van der Waals surface area (Å²) < 4.78 is 0. The minimum absolute atomic E-state index is 0.321. The van der Waals surface area contributed by atoms with Gasteiger partial charge in [0.05, 0.1) is 12.7 Å². The fourth-order valence-corrected chi connectivity index (χ4v) is 1.58. The third-order valence-electron chi connectivity index (χ3n) is 2.38. The molecule has 7 heteroatoms. The number of aliphatic imine (C=N–C) groups is 1. The van der Waals surface area contributed by atoms with Crippen LogP contribution in [0.1, 0.15) is 13.8 Å². The van der Waals surface area contributed by atoms with Crippen LogP contribution in [-0.2, 0) is 0 Å². The molecule has 0 spiro atoms. The van der Waals surface area contributed by atoms with Gasteiger partial charge in [0.15, 0.2) is 10.8 Å². The fourth-order valence-electron chi connectivity index (χ4n) is 1.36. The molecule has 2 heterocycles. The molecule has 0 saturated heterocycles. The highest BCUT2D eigenvalue weighted by atomic mass is 35.5. The van der Waals surface area contributed by atoms with E-state index in [1.807, 2.05) is 4.90 Å². The van der Waals surface area contributed by atoms with E-state index in [2.05, 4.69) is 38.8 Å². The summed E-state index contributed by atoms with van der Waals surface area (Å²) in [5.41, 5.74) is 1.16. The molecule has 17 heavy (non-hydrogen) atoms. The Morgan fingerprint density at radius 3 is 2.88 bits per heavy atom. The lowest BCUT2D eigenvalue weighted by molar-refractivity contribution is 0.479. The van der Waals surface area contributed by atoms with E-state index in [0.717, 1.165) is 13.1 Å². The average Bonchev–Trinajstić information content (AvgIpc) is 2.79. The topological polar surface area (TPSA) is 70.1 Å². The van der Waals surface area contributed by atoms with Gasteiger partial charge in [-0.15, -0.1) is 0 Å². The minimum atomic E-state index is 0.321. The quantitative estimate of drug-likeness (QED) is 0.513. The number of nitrogens with zero attached hydrogens (tertiary/aromatic N) is 5. The monoisotopic (exact) mass is 252 g/mol. The van der Waals surface area contributed by atoms with Gasteiger partial charge in [0.1, 0.15) is 5.52 Å². The number of hydrogen-bond acceptors (Lipinski definition) is 4. The summed E-state index contributed by atoms with van der Waals surface area (Å²) in [6, 6.07) is 0. The largest absolute Gasteiger partial charge is 0.363 e. The zero-order valence-corrected chi connectivity index (χ0v) is 10.4. The first-order valence-corrected chi connectivity index (χ1v) is 5.77. The molecule has 1 N–H and O–H groups in total. The Kier molecular flexibility index (Phi) is 3.53. The number of rotatable bonds is 4. The van der Waals surface area contributed by atoms with Crippen LogP contribution in [0.15, 0.2) is 11.3 Å². The Labute approximate surface area is 104 Å². The van der Waals surface area contributed by atoms with E-state index in [4.69, 9.17) is 11.6 Å². The van der Waals surface area contributed by atoms with Crippen LogP contribution >= 0.6 is 11.6 Å². The molecule has 6 nitrogen and oxygen atoms in total. The maximum absolute atomic E-state index is 5.98. The third kappa shape index (κ3) is 2.52. The Hall–Kier alpha value is -1.69. The number of fused-ring (bicyclic) bond motifs is 1. The van der Waals surface area contributed by atoms with E-state index < -0.39 is 0 Å². The van der Waals surface area contributed by atoms with Crippen LogP contribution in [0.25, 0.3) is 11.2 Å². The van der Waals surface area contributed by atoms with Crippen molar-refractivity contribution in [1.29, 1.82) is 0 Å². The van der Waals surface area contributed by atoms with Crippen LogP contribution in [0.5, 0.6) is 0 Å². The second-order valence-electron chi connectivity index (χ2n) is 3.38. The van der Waals surface area contributed by atoms with Gasteiger partial charge in [-0.25, -0.2) is 9.98 Å². The normalized spacial score (nSPS) is 11.5. The maximum Gasteiger partial charge on any atom is 0.254 e. The lowest BCUT2D eigenvalue weighted by Crippen LogP contribution is -2.20. The van der Waals surface area contributed by atoms with Crippen LogP contribution in [-0.4, -0.2) is 44.3 Å². The van der Waals surface area contributed by atoms with Crippen molar-refractivity contribution in [2.24, 2.45) is 4.99 Å². The molecule has 0 radical (unpaired) electrons. The first-order chi connectivity index (χ1) is 8.24. The second-order valence-corrected chi connectivity index (χ2v) is 3.74. The summed E-state index contributed by atoms with van der Waals surface area (Å²) in [6.45, 7) is 5.89. The van der Waals surface area contributed by atoms with Gasteiger partial charge in [-0.2, -0.15) is 9.97 Å². The highest BCUT2D eigenvalue weighted by Gasteiger charge is 2.06. The molecule has 2 rings (SSSR count). The van der Waals surface area contributed by atoms with Crippen molar-refractivity contribution in [1.82, 2.24) is 24.8 Å². The summed E-state index contributed by atoms with van der Waals surface area (Å²) in [5, 5.41) is 0.333. The number of H-pyrrole nitrogens is 1. The SMILES string of the molecule is CCN(/C=N/c1nc(Cl)c2[nH]cnc2n1)CC. The number of aromatic amines is 1. The lowest BCUT2D eigenvalue weighted by Gasteiger charge is -2.12. The van der Waals surface area contributed by atoms with Crippen molar-refractivity contribution in [3.05, 3.63) is 11.5 Å². The van der Waals surface area contributed by atoms with Crippen molar-refractivity contribution < 1.29 is 0 Å². The summed E-state index contributed by atoms with van der Waals surface area (Å²) in [5.74, 6) is 0.321. The zero-order chi connectivity index (χ0) is 12.3. The van der Waals surface area contributed by atoms with Crippen LogP contribution in [0.3, 0.4) is 0 Å². The van der Waals surface area contributed by atoms with Gasteiger partial charge in [0.25, 0.3) is 5.95 Å². The van der Waals surface area contributed by atoms with E-state index >= 15 is 0 Å². The average molecular weight is 253 g/mol. The number of imidazole rings is 1. The third-order valence-corrected chi connectivity index (χ3v) is 2.65. The number of halogens is 1. The van der Waals surface area contributed by atoms with Gasteiger partial charge in [0.2, 0.25) is 0 Å². The Morgan fingerprint density at radius 2 is 2.18 bits per heavy atom.